The fourth-order valence-electron chi connectivity index (χ4n) is 3.05. The number of anilines is 1. The Bertz CT molecular complexity index is 1200. The Kier molecular flexibility index (Phi) is 7.14. The molecule has 0 unspecified atom stereocenters. The molecule has 174 valence electrons. The normalized spacial score (nSPS) is 11.8. The van der Waals surface area contributed by atoms with E-state index in [9.17, 15) is 9.59 Å². The standard InChI is InChI=1S/C21H18Cl4N4O4/c1-20(2,3)14-13(33-19(31)32)10-9-12(15(14)22)26-17(30)16-27-18(21(23,24)25)29(28-16)11-7-5-4-6-8-11/h4-10H,1-3H3,(H,26,30)(H,31,32). The number of alkyl halides is 3. The predicted octanol–water partition coefficient (Wildman–Crippen LogP) is 6.35. The third-order valence-corrected chi connectivity index (χ3v) is 5.26. The molecule has 0 aliphatic carbocycles. The summed E-state index contributed by atoms with van der Waals surface area (Å²) in [6, 6.07) is 11.6. The van der Waals surface area contributed by atoms with E-state index in [4.69, 9.17) is 56.2 Å². The maximum atomic E-state index is 13.0. The van der Waals surface area contributed by atoms with E-state index in [1.807, 2.05) is 20.8 Å². The minimum Gasteiger partial charge on any atom is -0.449 e. The average molecular weight is 532 g/mol. The highest BCUT2D eigenvalue weighted by Crippen LogP contribution is 2.42. The van der Waals surface area contributed by atoms with Gasteiger partial charge >= 0.3 is 6.16 Å². The van der Waals surface area contributed by atoms with E-state index in [1.54, 1.807) is 30.3 Å². The largest absolute Gasteiger partial charge is 0.511 e. The molecule has 0 spiro atoms. The fraction of sp³-hybridized carbons (Fsp3) is 0.238. The van der Waals surface area contributed by atoms with E-state index >= 15 is 0 Å². The summed E-state index contributed by atoms with van der Waals surface area (Å²) in [6.07, 6.45) is -1.48. The van der Waals surface area contributed by atoms with Crippen molar-refractivity contribution >= 4 is 64.2 Å². The van der Waals surface area contributed by atoms with Crippen molar-refractivity contribution in [3.05, 3.63) is 64.7 Å². The zero-order chi connectivity index (χ0) is 24.6. The lowest BCUT2D eigenvalue weighted by molar-refractivity contribution is 0.101. The first-order chi connectivity index (χ1) is 15.3. The Morgan fingerprint density at radius 3 is 2.24 bits per heavy atom. The van der Waals surface area contributed by atoms with Gasteiger partial charge in [-0.2, -0.15) is 0 Å². The van der Waals surface area contributed by atoms with Crippen molar-refractivity contribution < 1.29 is 19.4 Å². The third-order valence-electron chi connectivity index (χ3n) is 4.36. The highest BCUT2D eigenvalue weighted by Gasteiger charge is 2.33. The molecule has 0 bridgehead atoms. The first kappa shape index (κ1) is 25.1. The van der Waals surface area contributed by atoms with Gasteiger partial charge in [-0.1, -0.05) is 85.4 Å². The number of rotatable bonds is 4. The van der Waals surface area contributed by atoms with Gasteiger partial charge in [0.2, 0.25) is 9.62 Å². The van der Waals surface area contributed by atoms with Gasteiger partial charge in [-0.05, 0) is 29.7 Å². The number of nitrogens with zero attached hydrogens (tertiary/aromatic N) is 3. The van der Waals surface area contributed by atoms with Crippen molar-refractivity contribution in [1.29, 1.82) is 0 Å². The molecule has 2 aromatic carbocycles. The van der Waals surface area contributed by atoms with Crippen LogP contribution in [0.1, 0.15) is 42.8 Å². The first-order valence-electron chi connectivity index (χ1n) is 9.44. The maximum Gasteiger partial charge on any atom is 0.511 e. The number of hydrogen-bond acceptors (Lipinski definition) is 5. The molecule has 0 radical (unpaired) electrons. The molecule has 33 heavy (non-hydrogen) atoms. The van der Waals surface area contributed by atoms with Crippen LogP contribution in [-0.2, 0) is 9.21 Å². The Morgan fingerprint density at radius 1 is 1.06 bits per heavy atom. The van der Waals surface area contributed by atoms with Gasteiger partial charge in [0.15, 0.2) is 5.82 Å². The van der Waals surface area contributed by atoms with Crippen LogP contribution < -0.4 is 10.1 Å². The summed E-state index contributed by atoms with van der Waals surface area (Å²) < 4.78 is 4.16. The summed E-state index contributed by atoms with van der Waals surface area (Å²) in [4.78, 5) is 28.1. The fourth-order valence-corrected chi connectivity index (χ4v) is 3.91. The molecule has 8 nitrogen and oxygen atoms in total. The Hall–Kier alpha value is -2.52. The SMILES string of the molecule is CC(C)(C)c1c(OC(=O)O)ccc(NC(=O)c2nc(C(Cl)(Cl)Cl)n(-c3ccccc3)n2)c1Cl. The molecule has 1 amide bonds. The molecule has 2 N–H and O–H groups in total. The molecule has 0 fully saturated rings. The van der Waals surface area contributed by atoms with E-state index in [0.29, 0.717) is 11.3 Å². The maximum absolute atomic E-state index is 13.0. The molecule has 0 aliphatic heterocycles. The highest BCUT2D eigenvalue weighted by molar-refractivity contribution is 6.66. The van der Waals surface area contributed by atoms with Crippen LogP contribution in [0.4, 0.5) is 10.5 Å². The summed E-state index contributed by atoms with van der Waals surface area (Å²) in [5.74, 6) is -0.994. The molecule has 0 saturated heterocycles. The van der Waals surface area contributed by atoms with E-state index in [1.165, 1.54) is 16.8 Å². The number of benzene rings is 2. The Balaban J connectivity index is 2.01. The van der Waals surface area contributed by atoms with Crippen molar-refractivity contribution in [2.24, 2.45) is 0 Å². The van der Waals surface area contributed by atoms with Gasteiger partial charge in [0.1, 0.15) is 5.75 Å². The molecule has 1 aromatic heterocycles. The molecular weight excluding hydrogens is 514 g/mol. The number of halogens is 4. The van der Waals surface area contributed by atoms with Gasteiger partial charge in [0, 0.05) is 5.56 Å². The molecule has 0 saturated carbocycles. The minimum atomic E-state index is -1.95. The van der Waals surface area contributed by atoms with Crippen molar-refractivity contribution in [3.63, 3.8) is 0 Å². The topological polar surface area (TPSA) is 106 Å². The second kappa shape index (κ2) is 9.38. The molecule has 12 heteroatoms. The van der Waals surface area contributed by atoms with Crippen LogP contribution in [0.2, 0.25) is 5.02 Å². The van der Waals surface area contributed by atoms with E-state index in [0.717, 1.165) is 0 Å². The number of carbonyl (C=O) groups is 2. The second-order valence-electron chi connectivity index (χ2n) is 7.88. The summed E-state index contributed by atoms with van der Waals surface area (Å²) in [5, 5.41) is 15.9. The lowest BCUT2D eigenvalue weighted by Crippen LogP contribution is -2.19. The predicted molar refractivity (Wildman–Crippen MR) is 127 cm³/mol. The Morgan fingerprint density at radius 2 is 1.70 bits per heavy atom. The summed E-state index contributed by atoms with van der Waals surface area (Å²) in [6.45, 7) is 5.47. The van der Waals surface area contributed by atoms with Crippen molar-refractivity contribution in [2.45, 2.75) is 30.0 Å². The van der Waals surface area contributed by atoms with Crippen LogP contribution >= 0.6 is 46.4 Å². The number of aromatic nitrogens is 3. The van der Waals surface area contributed by atoms with Crippen LogP contribution in [0, 0.1) is 0 Å². The zero-order valence-electron chi connectivity index (χ0n) is 17.6. The minimum absolute atomic E-state index is 0.0583. The first-order valence-corrected chi connectivity index (χ1v) is 10.9. The summed E-state index contributed by atoms with van der Waals surface area (Å²) in [7, 11) is 0. The van der Waals surface area contributed by atoms with Crippen LogP contribution in [0.15, 0.2) is 42.5 Å². The molecule has 1 heterocycles. The number of hydrogen-bond donors (Lipinski definition) is 2. The van der Waals surface area contributed by atoms with Gasteiger partial charge in [0.05, 0.1) is 16.4 Å². The number of nitrogens with one attached hydrogen (secondary N) is 1. The lowest BCUT2D eigenvalue weighted by Gasteiger charge is -2.24. The van der Waals surface area contributed by atoms with Gasteiger partial charge < -0.3 is 15.2 Å². The van der Waals surface area contributed by atoms with Crippen LogP contribution in [0.25, 0.3) is 5.69 Å². The van der Waals surface area contributed by atoms with Crippen LogP contribution in [0.3, 0.4) is 0 Å². The molecular formula is C21H18Cl4N4O4. The zero-order valence-corrected chi connectivity index (χ0v) is 20.6. The number of ether oxygens (including phenoxy) is 1. The lowest BCUT2D eigenvalue weighted by atomic mass is 9.86. The smallest absolute Gasteiger partial charge is 0.449 e. The quantitative estimate of drug-likeness (QED) is 0.230. The van der Waals surface area contributed by atoms with Crippen LogP contribution in [0.5, 0.6) is 5.75 Å². The second-order valence-corrected chi connectivity index (χ2v) is 10.5. The number of carbonyl (C=O) groups excluding carboxylic acids is 1. The number of carboxylic acid groups (broad SMARTS) is 1. The van der Waals surface area contributed by atoms with Crippen molar-refractivity contribution in [1.82, 2.24) is 14.8 Å². The highest BCUT2D eigenvalue weighted by atomic mass is 35.6. The van der Waals surface area contributed by atoms with Gasteiger partial charge in [-0.25, -0.2) is 14.5 Å². The van der Waals surface area contributed by atoms with E-state index in [-0.39, 0.29) is 28.1 Å². The number of para-hydroxylation sites is 1. The van der Waals surface area contributed by atoms with E-state index in [2.05, 4.69) is 15.4 Å². The van der Waals surface area contributed by atoms with Gasteiger partial charge in [-0.3, -0.25) is 4.79 Å². The van der Waals surface area contributed by atoms with Crippen molar-refractivity contribution in [2.75, 3.05) is 5.32 Å². The monoisotopic (exact) mass is 530 g/mol. The molecule has 3 aromatic rings. The number of amides is 1. The van der Waals surface area contributed by atoms with E-state index < -0.39 is 21.3 Å². The molecule has 3 rings (SSSR count). The third kappa shape index (κ3) is 5.70. The molecule has 0 aliphatic rings. The van der Waals surface area contributed by atoms with Crippen LogP contribution in [-0.4, -0.2) is 31.9 Å². The van der Waals surface area contributed by atoms with Gasteiger partial charge in [0.25, 0.3) is 5.91 Å². The van der Waals surface area contributed by atoms with Gasteiger partial charge in [-0.15, -0.1) is 5.10 Å². The average Bonchev–Trinajstić information content (AvgIpc) is 3.15. The van der Waals surface area contributed by atoms with Crippen molar-refractivity contribution in [3.8, 4) is 11.4 Å². The Labute approximate surface area is 209 Å². The summed E-state index contributed by atoms with van der Waals surface area (Å²) >= 11 is 24.6. The summed E-state index contributed by atoms with van der Waals surface area (Å²) in [5.41, 5.74) is 0.539. The molecule has 0 atom stereocenters.